The van der Waals surface area contributed by atoms with Crippen LogP contribution in [0, 0.1) is 29.6 Å². The summed E-state index contributed by atoms with van der Waals surface area (Å²) in [5.74, 6) is -5.19. The molecule has 2 bridgehead atoms. The van der Waals surface area contributed by atoms with E-state index < -0.39 is 72.0 Å². The number of allylic oxidation sites excluding steroid dienone is 3. The Morgan fingerprint density at radius 1 is 0.935 bits per heavy atom. The lowest BCUT2D eigenvalue weighted by Gasteiger charge is -2.47. The first-order valence-corrected chi connectivity index (χ1v) is 22.9. The van der Waals surface area contributed by atoms with Gasteiger partial charge in [0.15, 0.2) is 0 Å². The Hall–Kier alpha value is -3.62. The number of ether oxygens (including phenoxy) is 6. The molecule has 2 saturated heterocycles. The second kappa shape index (κ2) is 22.3. The van der Waals surface area contributed by atoms with Gasteiger partial charge in [-0.2, -0.15) is 0 Å². The molecule has 0 aromatic heterocycles. The van der Waals surface area contributed by atoms with Crippen LogP contribution in [-0.2, 0) is 38.1 Å². The van der Waals surface area contributed by atoms with Crippen LogP contribution < -0.4 is 9.47 Å². The Morgan fingerprint density at radius 2 is 1.65 bits per heavy atom. The van der Waals surface area contributed by atoms with E-state index in [1.807, 2.05) is 45.9 Å². The van der Waals surface area contributed by atoms with Crippen molar-refractivity contribution >= 4 is 23.4 Å². The largest absolute Gasteiger partial charge is 0.497 e. The zero-order valence-corrected chi connectivity index (χ0v) is 38.5. The molecule has 1 saturated carbocycles. The molecule has 13 heteroatoms. The Labute approximate surface area is 368 Å². The highest BCUT2D eigenvalue weighted by atomic mass is 16.7. The van der Waals surface area contributed by atoms with Crippen LogP contribution in [0.1, 0.15) is 119 Å². The van der Waals surface area contributed by atoms with Crippen LogP contribution in [0.25, 0.3) is 0 Å². The first-order chi connectivity index (χ1) is 29.5. The van der Waals surface area contributed by atoms with Crippen LogP contribution in [0.3, 0.4) is 0 Å². The van der Waals surface area contributed by atoms with Crippen LogP contribution in [0.5, 0.6) is 11.5 Å². The van der Waals surface area contributed by atoms with Crippen molar-refractivity contribution in [2.75, 3.05) is 27.9 Å². The number of nitrogens with zero attached hydrogens (tertiary/aromatic N) is 1. The smallest absolute Gasteiger partial charge is 0.329 e. The predicted octanol–water partition coefficient (Wildman–Crippen LogP) is 6.94. The SMILES string of the molecule is CCC1/C=C(\C)CC(C)CC(OC)C2OC(O)(C(=O)C(=O)N3CCCCC3C(=O)OC(C(C)=CC3CCC(O)C(Oc4cccc(OC)c4)C3)C(C)CCC1=O)C(C)CC2OC. The summed E-state index contributed by atoms with van der Waals surface area (Å²) >= 11 is 0. The molecule has 0 radical (unpaired) electrons. The number of Topliss-reactive ketones (excluding diaryl/α,β-unsaturated/α-hetero) is 2. The Balaban J connectivity index is 1.48. The molecule has 346 valence electrons. The second-order valence-corrected chi connectivity index (χ2v) is 18.6. The van der Waals surface area contributed by atoms with Crippen molar-refractivity contribution in [1.29, 1.82) is 0 Å². The maximum Gasteiger partial charge on any atom is 0.329 e. The van der Waals surface area contributed by atoms with E-state index in [9.17, 15) is 29.4 Å². The third-order valence-corrected chi connectivity index (χ3v) is 13.8. The summed E-state index contributed by atoms with van der Waals surface area (Å²) in [6, 6.07) is 6.21. The number of aliphatic hydroxyl groups is 2. The minimum Gasteiger partial charge on any atom is -0.497 e. The molecule has 0 spiro atoms. The Morgan fingerprint density at radius 3 is 2.34 bits per heavy atom. The molecule has 2 N–H and O–H groups in total. The van der Waals surface area contributed by atoms with Crippen LogP contribution in [-0.4, -0.2) is 115 Å². The summed E-state index contributed by atoms with van der Waals surface area (Å²) in [5.41, 5.74) is 1.86. The molecule has 5 rings (SSSR count). The summed E-state index contributed by atoms with van der Waals surface area (Å²) < 4.78 is 36.1. The van der Waals surface area contributed by atoms with E-state index in [0.717, 1.165) is 11.1 Å². The molecular formula is C49H73NO12. The minimum atomic E-state index is -2.48. The third kappa shape index (κ3) is 11.9. The zero-order valence-electron chi connectivity index (χ0n) is 38.5. The number of piperidine rings is 1. The minimum absolute atomic E-state index is 0.00509. The number of amides is 1. The zero-order chi connectivity index (χ0) is 45.3. The first kappa shape index (κ1) is 49.4. The maximum absolute atomic E-state index is 14.5. The highest BCUT2D eigenvalue weighted by Gasteiger charge is 2.56. The summed E-state index contributed by atoms with van der Waals surface area (Å²) in [4.78, 5) is 58.2. The van der Waals surface area contributed by atoms with Crippen molar-refractivity contribution in [2.45, 2.75) is 167 Å². The number of methoxy groups -OCH3 is 3. The fourth-order valence-electron chi connectivity index (χ4n) is 10.1. The quantitative estimate of drug-likeness (QED) is 0.157. The van der Waals surface area contributed by atoms with Crippen LogP contribution in [0.4, 0.5) is 0 Å². The molecule has 1 amide bonds. The average Bonchev–Trinajstić information content (AvgIpc) is 3.26. The molecule has 13 nitrogen and oxygen atoms in total. The molecule has 3 aliphatic heterocycles. The van der Waals surface area contributed by atoms with Gasteiger partial charge in [0.05, 0.1) is 25.4 Å². The van der Waals surface area contributed by atoms with Crippen molar-refractivity contribution < 1.29 is 57.8 Å². The van der Waals surface area contributed by atoms with Gasteiger partial charge in [0.2, 0.25) is 5.79 Å². The van der Waals surface area contributed by atoms with E-state index in [4.69, 9.17) is 28.4 Å². The molecule has 3 fully saturated rings. The summed E-state index contributed by atoms with van der Waals surface area (Å²) in [6.07, 6.45) is 6.32. The van der Waals surface area contributed by atoms with Crippen molar-refractivity contribution in [3.05, 3.63) is 47.6 Å². The van der Waals surface area contributed by atoms with Gasteiger partial charge in [-0.15, -0.1) is 0 Å². The molecule has 1 aliphatic carbocycles. The third-order valence-electron chi connectivity index (χ3n) is 13.8. The van der Waals surface area contributed by atoms with Gasteiger partial charge in [-0.3, -0.25) is 14.4 Å². The number of rotatable bonds is 8. The standard InChI is InChI=1S/C49H73NO12/c1-10-35-23-29(2)22-30(3)24-42(58-8)45-43(59-9)26-33(6)49(56,62-45)46(53)47(54)50-21-12-11-16-38(50)48(55)61-44(31(4)17-19-39(35)51)32(5)25-34-18-20-40(52)41(27-34)60-37-15-13-14-36(28-37)57-7/h13-15,23,25,28,30-31,33-35,38,40-45,52,56H,10-12,16-22,24,26-27H2,1-9H3/b29-23+,32-25?. The molecule has 1 aromatic carbocycles. The topological polar surface area (TPSA) is 167 Å². The molecule has 4 aliphatic rings. The average molecular weight is 868 g/mol. The highest BCUT2D eigenvalue weighted by molar-refractivity contribution is 6.39. The lowest BCUT2D eigenvalue weighted by Crippen LogP contribution is -2.64. The maximum atomic E-state index is 14.5. The van der Waals surface area contributed by atoms with E-state index in [2.05, 4.69) is 19.1 Å². The summed E-state index contributed by atoms with van der Waals surface area (Å²) in [6.45, 7) is 11.8. The summed E-state index contributed by atoms with van der Waals surface area (Å²) in [7, 11) is 4.69. The fraction of sp³-hybridized carbons (Fsp3) is 0.714. The number of ketones is 2. The van der Waals surface area contributed by atoms with Crippen LogP contribution >= 0.6 is 0 Å². The van der Waals surface area contributed by atoms with E-state index in [1.54, 1.807) is 34.3 Å². The lowest BCUT2D eigenvalue weighted by molar-refractivity contribution is -0.302. The van der Waals surface area contributed by atoms with Crippen molar-refractivity contribution in [1.82, 2.24) is 4.90 Å². The van der Waals surface area contributed by atoms with Crippen molar-refractivity contribution in [2.24, 2.45) is 29.6 Å². The van der Waals surface area contributed by atoms with Gasteiger partial charge < -0.3 is 43.5 Å². The molecular weight excluding hydrogens is 795 g/mol. The van der Waals surface area contributed by atoms with Gasteiger partial charge in [-0.05, 0) is 120 Å². The number of hydrogen-bond donors (Lipinski definition) is 2. The molecule has 13 unspecified atom stereocenters. The van der Waals surface area contributed by atoms with Gasteiger partial charge in [0, 0.05) is 45.1 Å². The van der Waals surface area contributed by atoms with Gasteiger partial charge in [0.1, 0.15) is 41.6 Å². The predicted molar refractivity (Wildman–Crippen MR) is 233 cm³/mol. The number of fused-ring (bicyclic) bond motifs is 3. The number of carbonyl (C=O) groups excluding carboxylic acids is 4. The van der Waals surface area contributed by atoms with E-state index in [-0.39, 0.29) is 55.3 Å². The Kier molecular flexibility index (Phi) is 17.8. The van der Waals surface area contributed by atoms with E-state index >= 15 is 0 Å². The van der Waals surface area contributed by atoms with Crippen molar-refractivity contribution in [3.8, 4) is 11.5 Å². The molecule has 62 heavy (non-hydrogen) atoms. The summed E-state index contributed by atoms with van der Waals surface area (Å²) in [5, 5.41) is 23.1. The van der Waals surface area contributed by atoms with Gasteiger partial charge in [-0.1, -0.05) is 51.5 Å². The number of hydrogen-bond acceptors (Lipinski definition) is 12. The number of benzene rings is 1. The van der Waals surface area contributed by atoms with E-state index in [1.165, 1.54) is 4.90 Å². The van der Waals surface area contributed by atoms with Crippen LogP contribution in [0.2, 0.25) is 0 Å². The fourth-order valence-corrected chi connectivity index (χ4v) is 10.1. The number of cyclic esters (lactones) is 1. The number of aliphatic hydroxyl groups excluding tert-OH is 1. The Bertz CT molecular complexity index is 1760. The highest BCUT2D eigenvalue weighted by Crippen LogP contribution is 2.39. The van der Waals surface area contributed by atoms with Gasteiger partial charge in [0.25, 0.3) is 11.7 Å². The van der Waals surface area contributed by atoms with Crippen molar-refractivity contribution in [3.63, 3.8) is 0 Å². The lowest BCUT2D eigenvalue weighted by atomic mass is 9.82. The number of esters is 1. The van der Waals surface area contributed by atoms with Crippen LogP contribution in [0.15, 0.2) is 47.6 Å². The second-order valence-electron chi connectivity index (χ2n) is 18.6. The number of carbonyl (C=O) groups is 4. The normalized spacial score (nSPS) is 37.3. The van der Waals surface area contributed by atoms with E-state index in [0.29, 0.717) is 69.3 Å². The first-order valence-electron chi connectivity index (χ1n) is 22.9. The molecule has 13 atom stereocenters. The monoisotopic (exact) mass is 868 g/mol. The molecule has 3 heterocycles. The molecule has 1 aromatic rings. The van der Waals surface area contributed by atoms with Gasteiger partial charge >= 0.3 is 5.97 Å². The van der Waals surface area contributed by atoms with Gasteiger partial charge in [-0.25, -0.2) is 4.79 Å².